The molecule has 25 heavy (non-hydrogen) atoms. The van der Waals surface area contributed by atoms with Gasteiger partial charge in [-0.2, -0.15) is 0 Å². The van der Waals surface area contributed by atoms with Crippen molar-refractivity contribution in [2.75, 3.05) is 26.2 Å². The second-order valence-corrected chi connectivity index (χ2v) is 6.34. The Bertz CT molecular complexity index is 354. The number of rotatable bonds is 10. The van der Waals surface area contributed by atoms with Crippen LogP contribution >= 0.6 is 0 Å². The first-order valence-electron chi connectivity index (χ1n) is 9.00. The maximum atomic E-state index is 10.6. The van der Waals surface area contributed by atoms with Gasteiger partial charge in [-0.1, -0.05) is 26.7 Å². The molecule has 0 amide bonds. The van der Waals surface area contributed by atoms with Crippen molar-refractivity contribution in [3.05, 3.63) is 0 Å². The molecule has 0 spiro atoms. The van der Waals surface area contributed by atoms with Crippen molar-refractivity contribution in [2.24, 2.45) is 23.3 Å². The monoisotopic (exact) mass is 540 g/mol. The summed E-state index contributed by atoms with van der Waals surface area (Å²) in [5, 5.41) is 17.3. The Hall–Kier alpha value is -0.492. The molecule has 0 saturated heterocycles. The van der Waals surface area contributed by atoms with Gasteiger partial charge in [0.25, 0.3) is 0 Å². The molecule has 0 aromatic heterocycles. The average Bonchev–Trinajstić information content (AvgIpc) is 2.96. The van der Waals surface area contributed by atoms with Crippen LogP contribution < -0.4 is 11.5 Å². The summed E-state index contributed by atoms with van der Waals surface area (Å²) in [6.07, 6.45) is 5.41. The molecule has 0 bridgehead atoms. The van der Waals surface area contributed by atoms with Gasteiger partial charge in [0.1, 0.15) is 0 Å². The zero-order chi connectivity index (χ0) is 18.5. The Morgan fingerprint density at radius 1 is 1.12 bits per heavy atom. The smallest absolute Gasteiger partial charge is 0.317 e. The van der Waals surface area contributed by atoms with Crippen LogP contribution in [0.1, 0.15) is 52.4 Å². The van der Waals surface area contributed by atoms with E-state index in [1.807, 2.05) is 0 Å². The van der Waals surface area contributed by atoms with Gasteiger partial charge in [-0.15, -0.1) is 0 Å². The van der Waals surface area contributed by atoms with E-state index in [2.05, 4.69) is 18.7 Å². The quantitative estimate of drug-likeness (QED) is 0.243. The largest absolute Gasteiger partial charge is 0.481 e. The third-order valence-electron chi connectivity index (χ3n) is 4.73. The van der Waals surface area contributed by atoms with Gasteiger partial charge >= 0.3 is 11.9 Å². The number of unbranched alkanes of at least 4 members (excludes halogenated alkanes) is 1. The van der Waals surface area contributed by atoms with Crippen LogP contribution in [0.3, 0.4) is 0 Å². The van der Waals surface area contributed by atoms with Gasteiger partial charge in [0.2, 0.25) is 0 Å². The summed E-state index contributed by atoms with van der Waals surface area (Å²) < 4.78 is 0. The third kappa shape index (κ3) is 11.7. The second-order valence-electron chi connectivity index (χ2n) is 6.34. The molecule has 7 nitrogen and oxygen atoms in total. The predicted molar refractivity (Wildman–Crippen MR) is 94.8 cm³/mol. The molecule has 0 aliphatic heterocycles. The first kappa shape index (κ1) is 26.7. The van der Waals surface area contributed by atoms with Crippen molar-refractivity contribution in [2.45, 2.75) is 58.4 Å². The van der Waals surface area contributed by atoms with Crippen molar-refractivity contribution in [3.8, 4) is 0 Å². The molecule has 1 saturated carbocycles. The number of carboxylic acids is 2. The second kappa shape index (κ2) is 15.7. The van der Waals surface area contributed by atoms with E-state index in [1.54, 1.807) is 0 Å². The Kier molecular flexibility index (Phi) is 16.8. The van der Waals surface area contributed by atoms with Crippen LogP contribution in [0, 0.1) is 11.8 Å². The van der Waals surface area contributed by atoms with Gasteiger partial charge in [-0.3, -0.25) is 9.59 Å². The summed E-state index contributed by atoms with van der Waals surface area (Å²) in [6.45, 7) is 7.76. The number of carboxylic acid groups (broad SMARTS) is 2. The molecule has 1 aliphatic carbocycles. The molecule has 1 aliphatic rings. The van der Waals surface area contributed by atoms with Crippen molar-refractivity contribution in [1.82, 2.24) is 4.90 Å². The van der Waals surface area contributed by atoms with Gasteiger partial charge in [0, 0.05) is 27.1 Å². The number of nitrogens with zero attached hydrogens (tertiary/aromatic N) is 1. The van der Waals surface area contributed by atoms with Crippen LogP contribution in [0.5, 0.6) is 0 Å². The van der Waals surface area contributed by atoms with E-state index in [4.69, 9.17) is 21.7 Å². The van der Waals surface area contributed by atoms with Crippen LogP contribution in [0.2, 0.25) is 0 Å². The zero-order valence-electron chi connectivity index (χ0n) is 15.4. The van der Waals surface area contributed by atoms with Crippen molar-refractivity contribution in [3.63, 3.8) is 0 Å². The molecule has 2 atom stereocenters. The van der Waals surface area contributed by atoms with Crippen LogP contribution in [0.15, 0.2) is 0 Å². The Morgan fingerprint density at radius 2 is 1.68 bits per heavy atom. The molecule has 0 aromatic carbocycles. The number of aliphatic carboxylic acids is 2. The molecule has 0 heterocycles. The Labute approximate surface area is 165 Å². The minimum Gasteiger partial charge on any atom is -0.481 e. The SMILES string of the molecule is CCN(CC)CCCCC(C(=O)O)C(=O)O.NC[C@H]1CCC[C@H]1N.[Pt]. The molecule has 8 heteroatoms. The fourth-order valence-electron chi connectivity index (χ4n) is 2.93. The summed E-state index contributed by atoms with van der Waals surface area (Å²) in [4.78, 5) is 23.4. The van der Waals surface area contributed by atoms with Crippen molar-refractivity contribution >= 4 is 11.9 Å². The summed E-state index contributed by atoms with van der Waals surface area (Å²) in [5.74, 6) is -3.11. The maximum absolute atomic E-state index is 10.6. The molecule has 0 radical (unpaired) electrons. The van der Waals surface area contributed by atoms with E-state index in [0.717, 1.165) is 32.6 Å². The normalized spacial score (nSPS) is 19.3. The van der Waals surface area contributed by atoms with E-state index in [1.165, 1.54) is 19.3 Å². The van der Waals surface area contributed by atoms with Crippen LogP contribution in [-0.2, 0) is 30.7 Å². The molecular weight excluding hydrogens is 505 g/mol. The summed E-state index contributed by atoms with van der Waals surface area (Å²) in [6, 6.07) is 0.403. The van der Waals surface area contributed by atoms with Crippen molar-refractivity contribution < 1.29 is 40.9 Å². The molecule has 152 valence electrons. The molecule has 6 N–H and O–H groups in total. The van der Waals surface area contributed by atoms with Crippen LogP contribution in [-0.4, -0.2) is 59.3 Å². The molecule has 0 aromatic rings. The minimum atomic E-state index is -1.25. The summed E-state index contributed by atoms with van der Waals surface area (Å²) in [7, 11) is 0. The van der Waals surface area contributed by atoms with Crippen LogP contribution in [0.4, 0.5) is 0 Å². The first-order chi connectivity index (χ1) is 11.4. The first-order valence-corrected chi connectivity index (χ1v) is 9.00. The van der Waals surface area contributed by atoms with E-state index < -0.39 is 17.9 Å². The minimum absolute atomic E-state index is 0. The van der Waals surface area contributed by atoms with E-state index in [-0.39, 0.29) is 27.5 Å². The van der Waals surface area contributed by atoms with Crippen molar-refractivity contribution in [1.29, 1.82) is 0 Å². The van der Waals surface area contributed by atoms with Crippen LogP contribution in [0.25, 0.3) is 0 Å². The van der Waals surface area contributed by atoms with Gasteiger partial charge in [0.15, 0.2) is 5.92 Å². The number of hydrogen-bond acceptors (Lipinski definition) is 5. The topological polar surface area (TPSA) is 130 Å². The molecular formula is C17H35N3O4Pt. The van der Waals surface area contributed by atoms with Gasteiger partial charge < -0.3 is 26.6 Å². The number of hydrogen-bond donors (Lipinski definition) is 4. The molecule has 0 unspecified atom stereocenters. The van der Waals surface area contributed by atoms with E-state index in [0.29, 0.717) is 18.4 Å². The van der Waals surface area contributed by atoms with Gasteiger partial charge in [0.05, 0.1) is 0 Å². The summed E-state index contributed by atoms with van der Waals surface area (Å²) >= 11 is 0. The Balaban J connectivity index is 0. The fourth-order valence-corrected chi connectivity index (χ4v) is 2.93. The molecule has 1 fully saturated rings. The average molecular weight is 541 g/mol. The number of carbonyl (C=O) groups is 2. The fraction of sp³-hybridized carbons (Fsp3) is 0.882. The van der Waals surface area contributed by atoms with E-state index in [9.17, 15) is 9.59 Å². The standard InChI is InChI=1S/C11H21NO4.C6H14N2.Pt/c1-3-12(4-2)8-6-5-7-9(10(13)14)11(15)16;7-4-5-2-1-3-6(5)8;/h9H,3-8H2,1-2H3,(H,13,14)(H,15,16);5-6H,1-4,7-8H2;/t;5-,6-;/m.1./s1. The van der Waals surface area contributed by atoms with Gasteiger partial charge in [-0.25, -0.2) is 0 Å². The zero-order valence-corrected chi connectivity index (χ0v) is 17.7. The Morgan fingerprint density at radius 3 is 2.00 bits per heavy atom. The predicted octanol–water partition coefficient (Wildman–Crippen LogP) is 1.35. The maximum Gasteiger partial charge on any atom is 0.317 e. The molecule has 1 rings (SSSR count). The number of nitrogens with two attached hydrogens (primary N) is 2. The van der Waals surface area contributed by atoms with Gasteiger partial charge in [-0.05, 0) is 57.8 Å². The summed E-state index contributed by atoms with van der Waals surface area (Å²) in [5.41, 5.74) is 11.2. The van der Waals surface area contributed by atoms with E-state index >= 15 is 0 Å². The third-order valence-corrected chi connectivity index (χ3v) is 4.73.